The van der Waals surface area contributed by atoms with E-state index >= 15 is 0 Å². The van der Waals surface area contributed by atoms with Crippen LogP contribution in [0.15, 0.2) is 30.0 Å². The van der Waals surface area contributed by atoms with E-state index in [1.54, 1.807) is 7.11 Å². The Balaban J connectivity index is 2.07. The van der Waals surface area contributed by atoms with Gasteiger partial charge in [0.25, 0.3) is 0 Å². The first-order valence-electron chi connectivity index (χ1n) is 5.97. The van der Waals surface area contributed by atoms with Gasteiger partial charge in [0, 0.05) is 6.42 Å². The van der Waals surface area contributed by atoms with E-state index in [4.69, 9.17) is 9.47 Å². The number of ether oxygens (including phenoxy) is 2. The first kappa shape index (κ1) is 10.7. The van der Waals surface area contributed by atoms with E-state index in [0.717, 1.165) is 24.2 Å². The summed E-state index contributed by atoms with van der Waals surface area (Å²) in [5.74, 6) is 1.49. The normalized spacial score (nSPS) is 26.4. The fourth-order valence-electron chi connectivity index (χ4n) is 2.70. The maximum Gasteiger partial charge on any atom is 0.147 e. The van der Waals surface area contributed by atoms with Crippen molar-refractivity contribution in [3.63, 3.8) is 0 Å². The molecule has 0 aromatic heterocycles. The minimum Gasteiger partial charge on any atom is -0.497 e. The third-order valence-electron chi connectivity index (χ3n) is 3.63. The SMILES string of the molecule is COc1ccc2c(c1)C(O)(C1=CCCO1)CC2. The number of methoxy groups -OCH3 is 1. The van der Waals surface area contributed by atoms with Crippen LogP contribution in [0.25, 0.3) is 0 Å². The van der Waals surface area contributed by atoms with Gasteiger partial charge in [-0.05, 0) is 42.2 Å². The Kier molecular flexibility index (Phi) is 2.37. The lowest BCUT2D eigenvalue weighted by molar-refractivity contribution is 0.0171. The second-order valence-electron chi connectivity index (χ2n) is 4.59. The highest BCUT2D eigenvalue weighted by Crippen LogP contribution is 2.45. The van der Waals surface area contributed by atoms with E-state index in [2.05, 4.69) is 0 Å². The summed E-state index contributed by atoms with van der Waals surface area (Å²) in [7, 11) is 1.64. The fraction of sp³-hybridized carbons (Fsp3) is 0.429. The predicted molar refractivity (Wildman–Crippen MR) is 63.9 cm³/mol. The highest BCUT2D eigenvalue weighted by atomic mass is 16.5. The number of hydrogen-bond donors (Lipinski definition) is 1. The van der Waals surface area contributed by atoms with E-state index < -0.39 is 5.60 Å². The second kappa shape index (κ2) is 3.77. The lowest BCUT2D eigenvalue weighted by Gasteiger charge is -2.25. The standard InChI is InChI=1S/C14H16O3/c1-16-11-5-4-10-6-7-14(15,12(10)9-11)13-3-2-8-17-13/h3-5,9,15H,2,6-8H2,1H3. The molecule has 2 aliphatic rings. The lowest BCUT2D eigenvalue weighted by Crippen LogP contribution is -2.25. The summed E-state index contributed by atoms with van der Waals surface area (Å²) in [6.07, 6.45) is 4.46. The Morgan fingerprint density at radius 2 is 2.29 bits per heavy atom. The largest absolute Gasteiger partial charge is 0.497 e. The molecule has 0 radical (unpaired) electrons. The van der Waals surface area contributed by atoms with Crippen LogP contribution in [0.2, 0.25) is 0 Å². The Bertz CT molecular complexity index is 478. The minimum absolute atomic E-state index is 0.678. The number of hydrogen-bond acceptors (Lipinski definition) is 3. The molecule has 1 aromatic rings. The van der Waals surface area contributed by atoms with Crippen molar-refractivity contribution < 1.29 is 14.6 Å². The monoisotopic (exact) mass is 232 g/mol. The number of benzene rings is 1. The predicted octanol–water partition coefficient (Wildman–Crippen LogP) is 2.13. The maximum absolute atomic E-state index is 10.8. The average Bonchev–Trinajstić information content (AvgIpc) is 2.98. The zero-order valence-corrected chi connectivity index (χ0v) is 9.90. The molecule has 1 unspecified atom stereocenters. The molecule has 0 amide bonds. The van der Waals surface area contributed by atoms with E-state index in [-0.39, 0.29) is 0 Å². The Hall–Kier alpha value is -1.48. The Morgan fingerprint density at radius 3 is 3.00 bits per heavy atom. The molecule has 0 bridgehead atoms. The summed E-state index contributed by atoms with van der Waals surface area (Å²) in [6, 6.07) is 5.89. The van der Waals surface area contributed by atoms with Crippen molar-refractivity contribution in [2.24, 2.45) is 0 Å². The van der Waals surface area contributed by atoms with Crippen LogP contribution in [-0.4, -0.2) is 18.8 Å². The van der Waals surface area contributed by atoms with Gasteiger partial charge < -0.3 is 14.6 Å². The van der Waals surface area contributed by atoms with Gasteiger partial charge in [-0.15, -0.1) is 0 Å². The Morgan fingerprint density at radius 1 is 1.41 bits per heavy atom. The first-order valence-corrected chi connectivity index (χ1v) is 5.97. The van der Waals surface area contributed by atoms with E-state index in [1.807, 2.05) is 24.3 Å². The van der Waals surface area contributed by atoms with Crippen LogP contribution in [-0.2, 0) is 16.8 Å². The molecule has 0 saturated heterocycles. The summed E-state index contributed by atoms with van der Waals surface area (Å²) < 4.78 is 10.8. The summed E-state index contributed by atoms with van der Waals surface area (Å²) in [6.45, 7) is 0.678. The van der Waals surface area contributed by atoms with Crippen LogP contribution in [0.5, 0.6) is 5.75 Å². The van der Waals surface area contributed by atoms with Crippen LogP contribution >= 0.6 is 0 Å². The van der Waals surface area contributed by atoms with Crippen molar-refractivity contribution in [1.29, 1.82) is 0 Å². The summed E-state index contributed by atoms with van der Waals surface area (Å²) in [4.78, 5) is 0. The van der Waals surface area contributed by atoms with Crippen LogP contribution in [0.1, 0.15) is 24.0 Å². The van der Waals surface area contributed by atoms with Crippen LogP contribution in [0.4, 0.5) is 0 Å². The van der Waals surface area contributed by atoms with Crippen molar-refractivity contribution in [2.45, 2.75) is 24.9 Å². The molecule has 0 fully saturated rings. The second-order valence-corrected chi connectivity index (χ2v) is 4.59. The maximum atomic E-state index is 10.8. The highest BCUT2D eigenvalue weighted by Gasteiger charge is 2.42. The van der Waals surface area contributed by atoms with Crippen molar-refractivity contribution in [1.82, 2.24) is 0 Å². The molecule has 3 heteroatoms. The van der Waals surface area contributed by atoms with Crippen LogP contribution in [0, 0.1) is 0 Å². The molecule has 1 aromatic carbocycles. The molecular formula is C14H16O3. The van der Waals surface area contributed by atoms with Crippen molar-refractivity contribution in [2.75, 3.05) is 13.7 Å². The number of fused-ring (bicyclic) bond motifs is 1. The van der Waals surface area contributed by atoms with Crippen LogP contribution < -0.4 is 4.74 Å². The molecule has 1 heterocycles. The van der Waals surface area contributed by atoms with Crippen molar-refractivity contribution in [3.05, 3.63) is 41.2 Å². The Labute approximate surface area is 101 Å². The van der Waals surface area contributed by atoms with E-state index in [9.17, 15) is 5.11 Å². The summed E-state index contributed by atoms with van der Waals surface area (Å²) >= 11 is 0. The third kappa shape index (κ3) is 1.53. The molecule has 1 aliphatic heterocycles. The molecular weight excluding hydrogens is 216 g/mol. The molecule has 0 spiro atoms. The number of rotatable bonds is 2. The van der Waals surface area contributed by atoms with Gasteiger partial charge in [0.15, 0.2) is 0 Å². The minimum atomic E-state index is -0.944. The molecule has 1 N–H and O–H groups in total. The highest BCUT2D eigenvalue weighted by molar-refractivity contribution is 5.46. The van der Waals surface area contributed by atoms with Gasteiger partial charge in [-0.25, -0.2) is 0 Å². The van der Waals surface area contributed by atoms with Gasteiger partial charge in [-0.2, -0.15) is 0 Å². The number of aryl methyl sites for hydroxylation is 1. The molecule has 1 aliphatic carbocycles. The average molecular weight is 232 g/mol. The van der Waals surface area contributed by atoms with Crippen LogP contribution in [0.3, 0.4) is 0 Å². The van der Waals surface area contributed by atoms with E-state index in [0.29, 0.717) is 18.8 Å². The van der Waals surface area contributed by atoms with Crippen molar-refractivity contribution >= 4 is 0 Å². The molecule has 3 nitrogen and oxygen atoms in total. The quantitative estimate of drug-likeness (QED) is 0.849. The molecule has 0 saturated carbocycles. The molecule has 3 rings (SSSR count). The fourth-order valence-corrected chi connectivity index (χ4v) is 2.70. The van der Waals surface area contributed by atoms with Gasteiger partial charge in [0.1, 0.15) is 17.1 Å². The smallest absolute Gasteiger partial charge is 0.147 e. The lowest BCUT2D eigenvalue weighted by atomic mass is 9.93. The van der Waals surface area contributed by atoms with Gasteiger partial charge >= 0.3 is 0 Å². The van der Waals surface area contributed by atoms with Gasteiger partial charge in [-0.1, -0.05) is 6.07 Å². The van der Waals surface area contributed by atoms with Gasteiger partial charge in [-0.3, -0.25) is 0 Å². The molecule has 90 valence electrons. The zero-order valence-electron chi connectivity index (χ0n) is 9.90. The summed E-state index contributed by atoms with van der Waals surface area (Å²) in [5.41, 5.74) is 1.18. The third-order valence-corrected chi connectivity index (χ3v) is 3.63. The molecule has 17 heavy (non-hydrogen) atoms. The number of aliphatic hydroxyl groups is 1. The molecule has 1 atom stereocenters. The zero-order chi connectivity index (χ0) is 11.9. The van der Waals surface area contributed by atoms with E-state index in [1.165, 1.54) is 5.56 Å². The van der Waals surface area contributed by atoms with Gasteiger partial charge in [0.2, 0.25) is 0 Å². The van der Waals surface area contributed by atoms with Gasteiger partial charge in [0.05, 0.1) is 13.7 Å². The first-order chi connectivity index (χ1) is 8.24. The topological polar surface area (TPSA) is 38.7 Å². The summed E-state index contributed by atoms with van der Waals surface area (Å²) in [5, 5.41) is 10.8. The van der Waals surface area contributed by atoms with Crippen molar-refractivity contribution in [3.8, 4) is 5.75 Å².